The molecule has 0 aliphatic heterocycles. The molecule has 0 spiro atoms. The zero-order chi connectivity index (χ0) is 7.84. The highest BCUT2D eigenvalue weighted by molar-refractivity contribution is 7.17. The van der Waals surface area contributed by atoms with Crippen LogP contribution in [0.25, 0.3) is 10.1 Å². The lowest BCUT2D eigenvalue weighted by Crippen LogP contribution is -1.81. The molecule has 0 atom stereocenters. The van der Waals surface area contributed by atoms with Crippen LogP contribution >= 0.6 is 11.3 Å². The van der Waals surface area contributed by atoms with Gasteiger partial charge in [0.05, 0.1) is 0 Å². The molecule has 0 aliphatic rings. The van der Waals surface area contributed by atoms with Crippen LogP contribution in [0.5, 0.6) is 0 Å². The molecular weight excluding hydrogens is 166 g/mol. The van der Waals surface area contributed by atoms with Crippen LogP contribution in [-0.4, -0.2) is 0 Å². The molecule has 1 aromatic carbocycles. The van der Waals surface area contributed by atoms with E-state index in [9.17, 15) is 8.78 Å². The van der Waals surface area contributed by atoms with Crippen LogP contribution in [0.2, 0.25) is 0 Å². The van der Waals surface area contributed by atoms with Crippen molar-refractivity contribution in [3.63, 3.8) is 0 Å². The molecule has 0 saturated carbocycles. The zero-order valence-electron chi connectivity index (χ0n) is 5.47. The van der Waals surface area contributed by atoms with Crippen LogP contribution < -0.4 is 0 Å². The molecule has 56 valence electrons. The minimum absolute atomic E-state index is 0.370. The number of hydrogen-bond donors (Lipinski definition) is 0. The van der Waals surface area contributed by atoms with E-state index in [-0.39, 0.29) is 0 Å². The van der Waals surface area contributed by atoms with Gasteiger partial charge in [-0.3, -0.25) is 0 Å². The fourth-order valence-corrected chi connectivity index (χ4v) is 1.76. The smallest absolute Gasteiger partial charge is 0.167 e. The Morgan fingerprint density at radius 1 is 1.09 bits per heavy atom. The van der Waals surface area contributed by atoms with E-state index in [0.29, 0.717) is 5.39 Å². The number of rotatable bonds is 0. The first kappa shape index (κ1) is 6.73. The Kier molecular flexibility index (Phi) is 1.39. The maximum Gasteiger partial charge on any atom is 0.167 e. The third kappa shape index (κ3) is 0.922. The van der Waals surface area contributed by atoms with Crippen molar-refractivity contribution in [3.8, 4) is 0 Å². The molecule has 2 rings (SSSR count). The highest BCUT2D eigenvalue weighted by Crippen LogP contribution is 2.24. The SMILES string of the molecule is Fc1ccc2sccc2c1F. The van der Waals surface area contributed by atoms with E-state index >= 15 is 0 Å². The maximum absolute atomic E-state index is 12.9. The fourth-order valence-electron chi connectivity index (χ4n) is 0.982. The second kappa shape index (κ2) is 2.27. The summed E-state index contributed by atoms with van der Waals surface area (Å²) in [6.45, 7) is 0. The first-order chi connectivity index (χ1) is 5.29. The zero-order valence-corrected chi connectivity index (χ0v) is 6.29. The Labute approximate surface area is 66.1 Å². The monoisotopic (exact) mass is 170 g/mol. The fraction of sp³-hybridized carbons (Fsp3) is 0. The van der Waals surface area contributed by atoms with E-state index in [1.165, 1.54) is 11.3 Å². The van der Waals surface area contributed by atoms with Gasteiger partial charge in [-0.1, -0.05) is 0 Å². The van der Waals surface area contributed by atoms with Crippen LogP contribution in [-0.2, 0) is 0 Å². The van der Waals surface area contributed by atoms with Crippen molar-refractivity contribution in [1.29, 1.82) is 0 Å². The average Bonchev–Trinajstić information content (AvgIpc) is 2.45. The summed E-state index contributed by atoms with van der Waals surface area (Å²) in [6, 6.07) is 4.31. The van der Waals surface area contributed by atoms with Crippen molar-refractivity contribution in [3.05, 3.63) is 35.2 Å². The third-order valence-corrected chi connectivity index (χ3v) is 2.40. The van der Waals surface area contributed by atoms with Crippen molar-refractivity contribution < 1.29 is 8.78 Å². The molecule has 0 N–H and O–H groups in total. The minimum atomic E-state index is -0.782. The van der Waals surface area contributed by atoms with E-state index < -0.39 is 11.6 Å². The number of halogens is 2. The predicted molar refractivity (Wildman–Crippen MR) is 41.7 cm³/mol. The van der Waals surface area contributed by atoms with Crippen molar-refractivity contribution in [2.45, 2.75) is 0 Å². The summed E-state index contributed by atoms with van der Waals surface area (Å²) < 4.78 is 26.2. The normalized spacial score (nSPS) is 10.7. The van der Waals surface area contributed by atoms with E-state index in [0.717, 1.165) is 10.8 Å². The molecule has 0 bridgehead atoms. The molecule has 0 unspecified atom stereocenters. The van der Waals surface area contributed by atoms with Gasteiger partial charge in [-0.05, 0) is 23.6 Å². The maximum atomic E-state index is 12.9. The molecule has 0 fully saturated rings. The summed E-state index contributed by atoms with van der Waals surface area (Å²) in [4.78, 5) is 0. The van der Waals surface area contributed by atoms with Crippen LogP contribution in [0.1, 0.15) is 0 Å². The molecule has 11 heavy (non-hydrogen) atoms. The Balaban J connectivity index is 2.93. The second-order valence-corrected chi connectivity index (χ2v) is 3.14. The molecule has 0 saturated heterocycles. The van der Waals surface area contributed by atoms with Crippen LogP contribution in [0, 0.1) is 11.6 Å². The van der Waals surface area contributed by atoms with Gasteiger partial charge in [-0.25, -0.2) is 8.78 Å². The quantitative estimate of drug-likeness (QED) is 0.569. The summed E-state index contributed by atoms with van der Waals surface area (Å²) in [5.41, 5.74) is 0. The Hall–Kier alpha value is -0.960. The Morgan fingerprint density at radius 3 is 2.73 bits per heavy atom. The van der Waals surface area contributed by atoms with Crippen molar-refractivity contribution >= 4 is 21.4 Å². The first-order valence-electron chi connectivity index (χ1n) is 3.10. The number of benzene rings is 1. The molecule has 2 aromatic rings. The second-order valence-electron chi connectivity index (χ2n) is 2.19. The summed E-state index contributed by atoms with van der Waals surface area (Å²) >= 11 is 1.40. The molecule has 1 heterocycles. The highest BCUT2D eigenvalue weighted by Gasteiger charge is 2.06. The molecule has 0 aliphatic carbocycles. The number of fused-ring (bicyclic) bond motifs is 1. The minimum Gasteiger partial charge on any atom is -0.204 e. The van der Waals surface area contributed by atoms with Crippen LogP contribution in [0.4, 0.5) is 8.78 Å². The predicted octanol–water partition coefficient (Wildman–Crippen LogP) is 3.18. The van der Waals surface area contributed by atoms with Crippen LogP contribution in [0.15, 0.2) is 23.6 Å². The molecule has 0 nitrogen and oxygen atoms in total. The number of hydrogen-bond acceptors (Lipinski definition) is 1. The summed E-state index contributed by atoms with van der Waals surface area (Å²) in [5.74, 6) is -1.53. The first-order valence-corrected chi connectivity index (χ1v) is 3.98. The number of thiophene rings is 1. The van der Waals surface area contributed by atoms with E-state index in [2.05, 4.69) is 0 Å². The molecule has 3 heteroatoms. The summed E-state index contributed by atoms with van der Waals surface area (Å²) in [7, 11) is 0. The van der Waals surface area contributed by atoms with E-state index in [1.54, 1.807) is 17.5 Å². The average molecular weight is 170 g/mol. The molecule has 1 aromatic heterocycles. The lowest BCUT2D eigenvalue weighted by molar-refractivity contribution is 0.517. The van der Waals surface area contributed by atoms with Gasteiger partial charge in [0.25, 0.3) is 0 Å². The van der Waals surface area contributed by atoms with Crippen molar-refractivity contribution in [2.24, 2.45) is 0 Å². The molecule has 0 radical (unpaired) electrons. The van der Waals surface area contributed by atoms with Crippen LogP contribution in [0.3, 0.4) is 0 Å². The van der Waals surface area contributed by atoms with Gasteiger partial charge in [0.2, 0.25) is 0 Å². The largest absolute Gasteiger partial charge is 0.204 e. The van der Waals surface area contributed by atoms with Gasteiger partial charge in [0, 0.05) is 10.1 Å². The van der Waals surface area contributed by atoms with Gasteiger partial charge >= 0.3 is 0 Å². The van der Waals surface area contributed by atoms with Gasteiger partial charge in [-0.2, -0.15) is 0 Å². The highest BCUT2D eigenvalue weighted by atomic mass is 32.1. The lowest BCUT2D eigenvalue weighted by Gasteiger charge is -1.92. The standard InChI is InChI=1S/C8H4F2S/c9-6-1-2-7-5(8(6)10)3-4-11-7/h1-4H. The van der Waals surface area contributed by atoms with Gasteiger partial charge < -0.3 is 0 Å². The van der Waals surface area contributed by atoms with Crippen molar-refractivity contribution in [1.82, 2.24) is 0 Å². The van der Waals surface area contributed by atoms with E-state index in [1.807, 2.05) is 0 Å². The molecule has 0 amide bonds. The van der Waals surface area contributed by atoms with Gasteiger partial charge in [-0.15, -0.1) is 11.3 Å². The van der Waals surface area contributed by atoms with Gasteiger partial charge in [0.1, 0.15) is 0 Å². The van der Waals surface area contributed by atoms with Gasteiger partial charge in [0.15, 0.2) is 11.6 Å². The Morgan fingerprint density at radius 2 is 1.91 bits per heavy atom. The molecular formula is C8H4F2S. The summed E-state index contributed by atoms with van der Waals surface area (Å²) in [6.07, 6.45) is 0. The Bertz CT molecular complexity index is 392. The topological polar surface area (TPSA) is 0 Å². The van der Waals surface area contributed by atoms with Crippen molar-refractivity contribution in [2.75, 3.05) is 0 Å². The summed E-state index contributed by atoms with van der Waals surface area (Å²) in [5, 5.41) is 2.11. The van der Waals surface area contributed by atoms with E-state index in [4.69, 9.17) is 0 Å². The third-order valence-electron chi connectivity index (χ3n) is 1.52. The lowest BCUT2D eigenvalue weighted by atomic mass is 10.2.